The van der Waals surface area contributed by atoms with Gasteiger partial charge in [-0.25, -0.2) is 8.42 Å². The third-order valence-electron chi connectivity index (χ3n) is 4.88. The average molecular weight is 402 g/mol. The zero-order valence-corrected chi connectivity index (χ0v) is 17.2. The molecule has 1 heterocycles. The predicted molar refractivity (Wildman–Crippen MR) is 105 cm³/mol. The Kier molecular flexibility index (Phi) is 7.46. The third kappa shape index (κ3) is 5.19. The zero-order valence-electron chi connectivity index (χ0n) is 15.7. The van der Waals surface area contributed by atoms with Gasteiger partial charge in [0.25, 0.3) is 0 Å². The van der Waals surface area contributed by atoms with E-state index < -0.39 is 10.0 Å². The summed E-state index contributed by atoms with van der Waals surface area (Å²) in [4.78, 5) is 14.3. The van der Waals surface area contributed by atoms with E-state index in [2.05, 4.69) is 19.2 Å². The smallest absolute Gasteiger partial charge is 0.244 e. The monoisotopic (exact) mass is 401 g/mol. The van der Waals surface area contributed by atoms with Gasteiger partial charge in [0, 0.05) is 24.8 Å². The molecule has 1 aromatic rings. The minimum atomic E-state index is -3.65. The van der Waals surface area contributed by atoms with Crippen molar-refractivity contribution in [2.45, 2.75) is 50.5 Å². The van der Waals surface area contributed by atoms with Crippen LogP contribution in [0.1, 0.15) is 39.5 Å². The first kappa shape index (κ1) is 21.2. The van der Waals surface area contributed by atoms with Crippen molar-refractivity contribution in [3.8, 4) is 0 Å². The lowest BCUT2D eigenvalue weighted by atomic mass is 10.2. The highest BCUT2D eigenvalue weighted by atomic mass is 35.5. The van der Waals surface area contributed by atoms with Crippen LogP contribution in [0.4, 0.5) is 5.69 Å². The highest BCUT2D eigenvalue weighted by Gasteiger charge is 2.28. The topological polar surface area (TPSA) is 69.7 Å². The highest BCUT2D eigenvalue weighted by molar-refractivity contribution is 7.89. The van der Waals surface area contributed by atoms with E-state index in [4.69, 9.17) is 11.6 Å². The van der Waals surface area contributed by atoms with E-state index in [-0.39, 0.29) is 22.4 Å². The Morgan fingerprint density at radius 1 is 1.31 bits per heavy atom. The second-order valence-corrected chi connectivity index (χ2v) is 9.14. The van der Waals surface area contributed by atoms with Gasteiger partial charge >= 0.3 is 0 Å². The normalized spacial score (nSPS) is 17.3. The van der Waals surface area contributed by atoms with Gasteiger partial charge in [-0.3, -0.25) is 9.69 Å². The van der Waals surface area contributed by atoms with Crippen LogP contribution < -0.4 is 5.32 Å². The maximum atomic E-state index is 12.9. The standard InChI is InChI=1S/C18H28ClN3O3S/c1-4-14(2)21(3)13-18(23)20-15-8-9-16(19)17(12-15)26(24,25)22-10-6-5-7-11-22/h8-9,12,14H,4-7,10-11,13H2,1-3H3,(H,20,23). The number of carbonyl (C=O) groups excluding carboxylic acids is 1. The van der Waals surface area contributed by atoms with E-state index in [1.807, 2.05) is 11.9 Å². The predicted octanol–water partition coefficient (Wildman–Crippen LogP) is 3.18. The molecule has 0 spiro atoms. The molecular weight excluding hydrogens is 374 g/mol. The second-order valence-electron chi connectivity index (χ2n) is 6.83. The molecule has 2 rings (SSSR count). The van der Waals surface area contributed by atoms with Gasteiger partial charge in [-0.1, -0.05) is 24.9 Å². The number of hydrogen-bond acceptors (Lipinski definition) is 4. The number of likely N-dealkylation sites (N-methyl/N-ethyl adjacent to an activating group) is 1. The van der Waals surface area contributed by atoms with Crippen molar-refractivity contribution in [1.29, 1.82) is 0 Å². The number of amides is 1. The third-order valence-corrected chi connectivity index (χ3v) is 7.26. The Hall–Kier alpha value is -1.15. The van der Waals surface area contributed by atoms with Gasteiger partial charge in [0.1, 0.15) is 4.90 Å². The van der Waals surface area contributed by atoms with E-state index >= 15 is 0 Å². The number of anilines is 1. The second kappa shape index (κ2) is 9.17. The van der Waals surface area contributed by atoms with E-state index in [9.17, 15) is 13.2 Å². The summed E-state index contributed by atoms with van der Waals surface area (Å²) in [5, 5.41) is 2.94. The van der Waals surface area contributed by atoms with E-state index in [1.54, 1.807) is 6.07 Å². The largest absolute Gasteiger partial charge is 0.325 e. The zero-order chi connectivity index (χ0) is 19.3. The first-order chi connectivity index (χ1) is 12.3. The summed E-state index contributed by atoms with van der Waals surface area (Å²) in [7, 11) is -1.76. The number of sulfonamides is 1. The first-order valence-electron chi connectivity index (χ1n) is 9.05. The van der Waals surface area contributed by atoms with Gasteiger partial charge in [-0.2, -0.15) is 4.31 Å². The summed E-state index contributed by atoms with van der Waals surface area (Å²) in [5.41, 5.74) is 0.438. The van der Waals surface area contributed by atoms with Crippen molar-refractivity contribution in [3.63, 3.8) is 0 Å². The molecule has 0 radical (unpaired) electrons. The van der Waals surface area contributed by atoms with Crippen LogP contribution in [0.3, 0.4) is 0 Å². The molecule has 1 atom stereocenters. The average Bonchev–Trinajstić information content (AvgIpc) is 2.63. The number of halogens is 1. The number of hydrogen-bond donors (Lipinski definition) is 1. The van der Waals surface area contributed by atoms with Crippen molar-refractivity contribution in [2.75, 3.05) is 32.0 Å². The van der Waals surface area contributed by atoms with Crippen LogP contribution in [0.15, 0.2) is 23.1 Å². The molecule has 1 unspecified atom stereocenters. The lowest BCUT2D eigenvalue weighted by molar-refractivity contribution is -0.117. The van der Waals surface area contributed by atoms with E-state index in [0.717, 1.165) is 25.7 Å². The molecule has 0 aliphatic carbocycles. The minimum Gasteiger partial charge on any atom is -0.325 e. The van der Waals surface area contributed by atoms with Crippen LogP contribution in [0.25, 0.3) is 0 Å². The van der Waals surface area contributed by atoms with Crippen molar-refractivity contribution in [1.82, 2.24) is 9.21 Å². The molecule has 1 aromatic carbocycles. The minimum absolute atomic E-state index is 0.0501. The summed E-state index contributed by atoms with van der Waals surface area (Å²) in [6.07, 6.45) is 3.70. The van der Waals surface area contributed by atoms with Crippen molar-refractivity contribution >= 4 is 33.2 Å². The fourth-order valence-electron chi connectivity index (χ4n) is 2.92. The van der Waals surface area contributed by atoms with Crippen molar-refractivity contribution in [3.05, 3.63) is 23.2 Å². The van der Waals surface area contributed by atoms with Crippen LogP contribution >= 0.6 is 11.6 Å². The molecule has 8 heteroatoms. The van der Waals surface area contributed by atoms with Crippen molar-refractivity contribution < 1.29 is 13.2 Å². The molecule has 1 amide bonds. The lowest BCUT2D eigenvalue weighted by Crippen LogP contribution is -2.36. The number of piperidine rings is 1. The van der Waals surface area contributed by atoms with Gasteiger partial charge in [0.15, 0.2) is 0 Å². The molecule has 6 nitrogen and oxygen atoms in total. The summed E-state index contributed by atoms with van der Waals surface area (Å²) in [6, 6.07) is 4.89. The molecule has 0 saturated carbocycles. The van der Waals surface area contributed by atoms with Gasteiger partial charge in [0.2, 0.25) is 15.9 Å². The van der Waals surface area contributed by atoms with Crippen molar-refractivity contribution in [2.24, 2.45) is 0 Å². The molecule has 1 N–H and O–H groups in total. The molecule has 146 valence electrons. The maximum Gasteiger partial charge on any atom is 0.244 e. The summed E-state index contributed by atoms with van der Waals surface area (Å²) >= 11 is 6.15. The lowest BCUT2D eigenvalue weighted by Gasteiger charge is -2.26. The number of benzene rings is 1. The molecular formula is C18H28ClN3O3S. The Morgan fingerprint density at radius 2 is 1.96 bits per heavy atom. The van der Waals surface area contributed by atoms with E-state index in [0.29, 0.717) is 24.8 Å². The van der Waals surface area contributed by atoms with Crippen LogP contribution in [0.2, 0.25) is 5.02 Å². The van der Waals surface area contributed by atoms with Gasteiger partial charge in [-0.15, -0.1) is 0 Å². The molecule has 1 aliphatic rings. The quantitative estimate of drug-likeness (QED) is 0.761. The van der Waals surface area contributed by atoms with Crippen LogP contribution in [0.5, 0.6) is 0 Å². The Bertz CT molecular complexity index is 733. The molecule has 1 saturated heterocycles. The summed E-state index contributed by atoms with van der Waals surface area (Å²) in [6.45, 7) is 5.38. The SMILES string of the molecule is CCC(C)N(C)CC(=O)Nc1ccc(Cl)c(S(=O)(=O)N2CCCCC2)c1. The summed E-state index contributed by atoms with van der Waals surface area (Å²) < 4.78 is 27.2. The molecule has 26 heavy (non-hydrogen) atoms. The Labute approximate surface area is 161 Å². The van der Waals surface area contributed by atoms with Crippen LogP contribution in [0, 0.1) is 0 Å². The molecule has 1 aliphatic heterocycles. The number of nitrogens with one attached hydrogen (secondary N) is 1. The number of rotatable bonds is 7. The fourth-order valence-corrected chi connectivity index (χ4v) is 4.94. The Morgan fingerprint density at radius 3 is 2.58 bits per heavy atom. The highest BCUT2D eigenvalue weighted by Crippen LogP contribution is 2.29. The molecule has 1 fully saturated rings. The molecule has 0 bridgehead atoms. The summed E-state index contributed by atoms with van der Waals surface area (Å²) in [5.74, 6) is -0.184. The Balaban J connectivity index is 2.15. The van der Waals surface area contributed by atoms with Gasteiger partial charge in [0.05, 0.1) is 11.6 Å². The maximum absolute atomic E-state index is 12.9. The first-order valence-corrected chi connectivity index (χ1v) is 10.9. The van der Waals surface area contributed by atoms with E-state index in [1.165, 1.54) is 16.4 Å². The van der Waals surface area contributed by atoms with Gasteiger partial charge in [-0.05, 0) is 51.4 Å². The van der Waals surface area contributed by atoms with Gasteiger partial charge < -0.3 is 5.32 Å². The van der Waals surface area contributed by atoms with Crippen LogP contribution in [-0.2, 0) is 14.8 Å². The van der Waals surface area contributed by atoms with Crippen LogP contribution in [-0.4, -0.2) is 56.3 Å². The fraction of sp³-hybridized carbons (Fsp3) is 0.611. The number of nitrogens with zero attached hydrogens (tertiary/aromatic N) is 2. The number of carbonyl (C=O) groups is 1. The molecule has 0 aromatic heterocycles.